The van der Waals surface area contributed by atoms with Gasteiger partial charge in [0.25, 0.3) is 5.56 Å². The quantitative estimate of drug-likeness (QED) is 0.378. The largest absolute Gasteiger partial charge is 0.504 e. The minimum Gasteiger partial charge on any atom is -0.504 e. The number of methoxy groups -OCH3 is 1. The zero-order valence-electron chi connectivity index (χ0n) is 17.5. The molecule has 0 bridgehead atoms. The van der Waals surface area contributed by atoms with Crippen molar-refractivity contribution in [3.63, 3.8) is 0 Å². The van der Waals surface area contributed by atoms with Crippen molar-refractivity contribution in [2.45, 2.75) is 13.8 Å². The second-order valence-electron chi connectivity index (χ2n) is 7.11. The van der Waals surface area contributed by atoms with E-state index < -0.39 is 0 Å². The molecule has 1 heterocycles. The lowest BCUT2D eigenvalue weighted by Gasteiger charge is -2.16. The molecule has 0 atom stereocenters. The number of benzene rings is 3. The minimum absolute atomic E-state index is 0.0487. The lowest BCUT2D eigenvalue weighted by atomic mass is 10.1. The molecular weight excluding hydrogens is 392 g/mol. The third-order valence-corrected chi connectivity index (χ3v) is 5.17. The Labute approximate surface area is 179 Å². The highest BCUT2D eigenvalue weighted by molar-refractivity contribution is 5.82. The van der Waals surface area contributed by atoms with Crippen LogP contribution in [0.2, 0.25) is 0 Å². The zero-order chi connectivity index (χ0) is 22.0. The Hall–Kier alpha value is -4.13. The van der Waals surface area contributed by atoms with Crippen LogP contribution in [0.1, 0.15) is 16.7 Å². The van der Waals surface area contributed by atoms with E-state index in [1.165, 1.54) is 13.2 Å². The Morgan fingerprint density at radius 1 is 1.10 bits per heavy atom. The first kappa shape index (κ1) is 20.2. The van der Waals surface area contributed by atoms with Gasteiger partial charge in [-0.25, -0.2) is 15.0 Å². The molecule has 0 unspecified atom stereocenters. The molecule has 31 heavy (non-hydrogen) atoms. The summed E-state index contributed by atoms with van der Waals surface area (Å²) in [6.45, 7) is 3.98. The van der Waals surface area contributed by atoms with E-state index in [4.69, 9.17) is 4.74 Å². The third-order valence-electron chi connectivity index (χ3n) is 5.17. The lowest BCUT2D eigenvalue weighted by molar-refractivity contribution is 0.373. The maximum absolute atomic E-state index is 13.4. The monoisotopic (exact) mass is 414 g/mol. The maximum Gasteiger partial charge on any atom is 0.267 e. The summed E-state index contributed by atoms with van der Waals surface area (Å²) < 4.78 is 6.67. The highest BCUT2D eigenvalue weighted by Gasteiger charge is 2.14. The molecule has 4 rings (SSSR count). The van der Waals surface area contributed by atoms with Crippen molar-refractivity contribution in [3.05, 3.63) is 87.7 Å². The van der Waals surface area contributed by atoms with E-state index in [9.17, 15) is 9.90 Å². The van der Waals surface area contributed by atoms with Gasteiger partial charge in [0.1, 0.15) is 0 Å². The highest BCUT2D eigenvalue weighted by atomic mass is 16.5. The molecule has 0 fully saturated rings. The van der Waals surface area contributed by atoms with Crippen molar-refractivity contribution in [1.82, 2.24) is 9.55 Å². The van der Waals surface area contributed by atoms with Gasteiger partial charge in [0.15, 0.2) is 11.5 Å². The number of ether oxygens (including phenoxy) is 1. The van der Waals surface area contributed by atoms with Crippen LogP contribution >= 0.6 is 0 Å². The molecule has 0 amide bonds. The average Bonchev–Trinajstić information content (AvgIpc) is 2.77. The van der Waals surface area contributed by atoms with E-state index in [-0.39, 0.29) is 11.3 Å². The molecule has 3 aromatic carbocycles. The van der Waals surface area contributed by atoms with Crippen LogP contribution in [0.3, 0.4) is 0 Å². The van der Waals surface area contributed by atoms with E-state index in [0.29, 0.717) is 28.2 Å². The van der Waals surface area contributed by atoms with Gasteiger partial charge in [0, 0.05) is 0 Å². The summed E-state index contributed by atoms with van der Waals surface area (Å²) in [6, 6.07) is 17.9. The fourth-order valence-electron chi connectivity index (χ4n) is 3.35. The molecule has 0 spiro atoms. The standard InChI is InChI=1S/C24H22N4O3/c1-15-7-6-10-20(16(15)2)28-23(30)18-8-4-5-9-19(18)26-24(28)27-25-14-17-11-12-21(29)22(13-17)31-3/h4-14,29H,1-3H3,(H,26,27)/b25-14+. The van der Waals surface area contributed by atoms with Gasteiger partial charge in [-0.3, -0.25) is 4.79 Å². The zero-order valence-corrected chi connectivity index (χ0v) is 17.5. The van der Waals surface area contributed by atoms with Gasteiger partial charge < -0.3 is 9.84 Å². The summed E-state index contributed by atoms with van der Waals surface area (Å²) in [6.07, 6.45) is 1.57. The molecule has 1 aromatic heterocycles. The Morgan fingerprint density at radius 2 is 1.90 bits per heavy atom. The van der Waals surface area contributed by atoms with Gasteiger partial charge >= 0.3 is 0 Å². The molecule has 0 radical (unpaired) electrons. The van der Waals surface area contributed by atoms with Crippen molar-refractivity contribution < 1.29 is 9.84 Å². The van der Waals surface area contributed by atoms with Gasteiger partial charge in [0.05, 0.1) is 29.9 Å². The number of phenolic OH excluding ortho intramolecular Hbond substituents is 1. The average molecular weight is 414 g/mol. The molecule has 0 saturated heterocycles. The van der Waals surface area contributed by atoms with Crippen molar-refractivity contribution in [2.75, 3.05) is 12.5 Å². The minimum atomic E-state index is -0.177. The number of aromatic nitrogens is 2. The number of nitrogens with one attached hydrogen (secondary N) is 1. The molecule has 0 aliphatic carbocycles. The molecule has 7 heteroatoms. The molecule has 2 N–H and O–H groups in total. The number of aromatic hydroxyl groups is 1. The summed E-state index contributed by atoms with van der Waals surface area (Å²) in [7, 11) is 1.48. The van der Waals surface area contributed by atoms with Crippen LogP contribution in [-0.2, 0) is 0 Å². The van der Waals surface area contributed by atoms with E-state index in [0.717, 1.165) is 16.8 Å². The molecular formula is C24H22N4O3. The Bertz CT molecular complexity index is 1360. The predicted molar refractivity (Wildman–Crippen MR) is 123 cm³/mol. The second-order valence-corrected chi connectivity index (χ2v) is 7.11. The van der Waals surface area contributed by atoms with Crippen LogP contribution in [0.5, 0.6) is 11.5 Å². The SMILES string of the molecule is COc1cc(/C=N/Nc2nc3ccccc3c(=O)n2-c2cccc(C)c2C)ccc1O. The van der Waals surface area contributed by atoms with Crippen molar-refractivity contribution in [2.24, 2.45) is 5.10 Å². The van der Waals surface area contributed by atoms with Crippen LogP contribution in [0.25, 0.3) is 16.6 Å². The van der Waals surface area contributed by atoms with Crippen LogP contribution in [0.15, 0.2) is 70.6 Å². The lowest BCUT2D eigenvalue weighted by Crippen LogP contribution is -2.23. The molecule has 0 aliphatic rings. The number of hydrogen-bond acceptors (Lipinski definition) is 6. The topological polar surface area (TPSA) is 88.7 Å². The Kier molecular flexibility index (Phi) is 5.41. The number of para-hydroxylation sites is 1. The number of hydrogen-bond donors (Lipinski definition) is 2. The van der Waals surface area contributed by atoms with Crippen molar-refractivity contribution in [1.29, 1.82) is 0 Å². The number of aryl methyl sites for hydroxylation is 1. The number of fused-ring (bicyclic) bond motifs is 1. The fourth-order valence-corrected chi connectivity index (χ4v) is 3.35. The van der Waals surface area contributed by atoms with E-state index in [2.05, 4.69) is 15.5 Å². The van der Waals surface area contributed by atoms with Gasteiger partial charge in [-0.1, -0.05) is 24.3 Å². The summed E-state index contributed by atoms with van der Waals surface area (Å²) in [5.41, 5.74) is 6.82. The number of anilines is 1. The Morgan fingerprint density at radius 3 is 2.71 bits per heavy atom. The van der Waals surface area contributed by atoms with Crippen molar-refractivity contribution >= 4 is 23.1 Å². The predicted octanol–water partition coefficient (Wildman–Crippen LogP) is 4.16. The van der Waals surface area contributed by atoms with Gasteiger partial charge in [-0.05, 0) is 66.9 Å². The molecule has 0 saturated carbocycles. The van der Waals surface area contributed by atoms with Crippen molar-refractivity contribution in [3.8, 4) is 17.2 Å². The second kappa shape index (κ2) is 8.31. The summed E-state index contributed by atoms with van der Waals surface area (Å²) in [5.74, 6) is 0.701. The molecule has 0 aliphatic heterocycles. The van der Waals surface area contributed by atoms with Gasteiger partial charge in [0.2, 0.25) is 5.95 Å². The summed E-state index contributed by atoms with van der Waals surface area (Å²) in [5, 5.41) is 14.5. The summed E-state index contributed by atoms with van der Waals surface area (Å²) in [4.78, 5) is 18.0. The first-order valence-corrected chi connectivity index (χ1v) is 9.74. The fraction of sp³-hybridized carbons (Fsp3) is 0.125. The number of nitrogens with zero attached hydrogens (tertiary/aromatic N) is 3. The number of phenols is 1. The van der Waals surface area contributed by atoms with E-state index in [1.54, 1.807) is 35.0 Å². The highest BCUT2D eigenvalue weighted by Crippen LogP contribution is 2.25. The van der Waals surface area contributed by atoms with Crippen LogP contribution < -0.4 is 15.7 Å². The maximum atomic E-state index is 13.4. The molecule has 156 valence electrons. The van der Waals surface area contributed by atoms with Crippen LogP contribution in [-0.4, -0.2) is 28.0 Å². The van der Waals surface area contributed by atoms with Crippen LogP contribution in [0.4, 0.5) is 5.95 Å². The Balaban J connectivity index is 1.81. The van der Waals surface area contributed by atoms with E-state index in [1.807, 2.05) is 44.2 Å². The van der Waals surface area contributed by atoms with Crippen LogP contribution in [0, 0.1) is 13.8 Å². The first-order valence-electron chi connectivity index (χ1n) is 9.74. The smallest absolute Gasteiger partial charge is 0.267 e. The van der Waals surface area contributed by atoms with Gasteiger partial charge in [-0.2, -0.15) is 5.10 Å². The number of hydrazone groups is 1. The molecule has 4 aromatic rings. The normalized spacial score (nSPS) is 11.2. The van der Waals surface area contributed by atoms with Gasteiger partial charge in [-0.15, -0.1) is 0 Å². The third kappa shape index (κ3) is 3.85. The molecule has 7 nitrogen and oxygen atoms in total. The van der Waals surface area contributed by atoms with E-state index >= 15 is 0 Å². The number of rotatable bonds is 5. The first-order chi connectivity index (χ1) is 15.0. The summed E-state index contributed by atoms with van der Waals surface area (Å²) >= 11 is 0.